The molecule has 0 aromatic heterocycles. The van der Waals surface area contributed by atoms with E-state index in [-0.39, 0.29) is 0 Å². The Morgan fingerprint density at radius 1 is 0.491 bits per heavy atom. The predicted molar refractivity (Wildman–Crippen MR) is 150 cm³/mol. The van der Waals surface area contributed by atoms with Gasteiger partial charge in [-0.05, 0) is 0 Å². The van der Waals surface area contributed by atoms with Gasteiger partial charge in [0.1, 0.15) is 43.6 Å². The van der Waals surface area contributed by atoms with E-state index >= 15 is 0 Å². The number of hydrogen-bond acceptors (Lipinski definition) is 17. The van der Waals surface area contributed by atoms with E-state index < -0.39 is 134 Å². The van der Waals surface area contributed by atoms with Crippen molar-refractivity contribution in [3.05, 3.63) is 0 Å². The minimum Gasteiger partial charge on any atom is -0.463 e. The number of carbonyl (C=O) groups is 8. The molecule has 0 aliphatic carbocycles. The first-order valence-corrected chi connectivity index (χ1v) is 15.0. The lowest BCUT2D eigenvalue weighted by molar-refractivity contribution is -0.331. The first-order valence-electron chi connectivity index (χ1n) is 15.0. The van der Waals surface area contributed by atoms with Gasteiger partial charge in [0, 0.05) is 41.5 Å². The van der Waals surface area contributed by atoms with E-state index in [1.54, 1.807) is 0 Å². The molecule has 0 spiro atoms. The lowest BCUT2D eigenvalue weighted by Gasteiger charge is -2.49. The van der Waals surface area contributed by atoms with E-state index in [0.29, 0.717) is 0 Å². The van der Waals surface area contributed by atoms with Gasteiger partial charge in [0.2, 0.25) is 6.29 Å². The topological polar surface area (TPSA) is 244 Å². The number of carbonyl (C=O) groups excluding carboxylic acids is 8. The molecule has 2 saturated heterocycles. The van der Waals surface area contributed by atoms with Gasteiger partial charge in [0.15, 0.2) is 24.6 Å². The number of nitrogens with one attached hydrogen (secondary N) is 2. The van der Waals surface area contributed by atoms with Crippen molar-refractivity contribution < 1.29 is 107 Å². The van der Waals surface area contributed by atoms with E-state index in [9.17, 15) is 64.7 Å². The van der Waals surface area contributed by atoms with Crippen molar-refractivity contribution >= 4 is 47.6 Å². The minimum absolute atomic E-state index is 0.718. The molecule has 2 rings (SSSR count). The predicted octanol–water partition coefficient (Wildman–Crippen LogP) is -0.600. The molecule has 19 nitrogen and oxygen atoms in total. The highest BCUT2D eigenvalue weighted by atomic mass is 19.4. The molecule has 2 heterocycles. The van der Waals surface area contributed by atoms with Crippen LogP contribution in [0.2, 0.25) is 0 Å². The lowest BCUT2D eigenvalue weighted by Crippen LogP contribution is -2.71. The Balaban J connectivity index is 2.87. The van der Waals surface area contributed by atoms with Crippen molar-refractivity contribution in [2.24, 2.45) is 0 Å². The van der Waals surface area contributed by atoms with Crippen LogP contribution in [0.3, 0.4) is 0 Å². The molecule has 0 radical (unpaired) electrons. The molecule has 10 atom stereocenters. The van der Waals surface area contributed by atoms with Gasteiger partial charge in [-0.1, -0.05) is 0 Å². The molecule has 2 aliphatic rings. The second kappa shape index (κ2) is 18.3. The lowest BCUT2D eigenvalue weighted by atomic mass is 9.93. The Morgan fingerprint density at radius 2 is 0.830 bits per heavy atom. The molecule has 25 heteroatoms. The summed E-state index contributed by atoms with van der Waals surface area (Å²) in [7, 11) is 0. The van der Waals surface area contributed by atoms with Crippen molar-refractivity contribution in [3.63, 3.8) is 0 Å². The van der Waals surface area contributed by atoms with Gasteiger partial charge < -0.3 is 53.3 Å². The van der Waals surface area contributed by atoms with Crippen LogP contribution in [-0.2, 0) is 81.0 Å². The number of halogens is 6. The van der Waals surface area contributed by atoms with Crippen LogP contribution < -0.4 is 10.6 Å². The number of alkyl halides is 6. The van der Waals surface area contributed by atoms with E-state index in [4.69, 9.17) is 42.6 Å². The zero-order valence-electron chi connectivity index (χ0n) is 28.4. The van der Waals surface area contributed by atoms with Gasteiger partial charge in [0.25, 0.3) is 0 Å². The number of esters is 6. The average molecular weight is 785 g/mol. The molecule has 300 valence electrons. The van der Waals surface area contributed by atoms with Crippen LogP contribution in [0.15, 0.2) is 0 Å². The molecule has 2 aliphatic heterocycles. The van der Waals surface area contributed by atoms with Crippen molar-refractivity contribution in [1.29, 1.82) is 0 Å². The van der Waals surface area contributed by atoms with Crippen molar-refractivity contribution in [2.75, 3.05) is 13.2 Å². The summed E-state index contributed by atoms with van der Waals surface area (Å²) in [4.78, 5) is 96.3. The second-order valence-electron chi connectivity index (χ2n) is 11.1. The van der Waals surface area contributed by atoms with Gasteiger partial charge in [-0.15, -0.1) is 0 Å². The van der Waals surface area contributed by atoms with Gasteiger partial charge >= 0.3 is 60.0 Å². The van der Waals surface area contributed by atoms with Gasteiger partial charge in [-0.25, -0.2) is 0 Å². The van der Waals surface area contributed by atoms with E-state index in [1.807, 2.05) is 0 Å². The number of hydrogen-bond donors (Lipinski definition) is 2. The molecule has 2 fully saturated rings. The van der Waals surface area contributed by atoms with E-state index in [0.717, 1.165) is 41.5 Å². The summed E-state index contributed by atoms with van der Waals surface area (Å²) < 4.78 is 128. The molecule has 0 bridgehead atoms. The molecular weight excluding hydrogens is 750 g/mol. The third-order valence-corrected chi connectivity index (χ3v) is 6.78. The highest BCUT2D eigenvalue weighted by Gasteiger charge is 2.58. The third kappa shape index (κ3) is 13.3. The summed E-state index contributed by atoms with van der Waals surface area (Å²) in [6.07, 6.45) is -28.4. The molecule has 0 aromatic rings. The van der Waals surface area contributed by atoms with Gasteiger partial charge in [-0.3, -0.25) is 38.4 Å². The van der Waals surface area contributed by atoms with Crippen LogP contribution in [0.25, 0.3) is 0 Å². The summed E-state index contributed by atoms with van der Waals surface area (Å²) in [5, 5.41) is 2.87. The summed E-state index contributed by atoms with van der Waals surface area (Å²) in [6, 6.07) is -4.75. The largest absolute Gasteiger partial charge is 0.471 e. The SMILES string of the molecule is CC(=O)OCC1OC(OC(C)=O)C(NC(=O)C(F)(F)F)[C@@H](OC(C)=O)[C@@H]1O[C@@H]1OC(COC(C)=O)[C@@H](OC(C)=O)[C@H](OC(C)=O)C1NC(=O)C(F)(F)F. The summed E-state index contributed by atoms with van der Waals surface area (Å²) in [5.74, 6) is -12.4. The Hall–Kier alpha value is -4.78. The number of rotatable bonds is 12. The summed E-state index contributed by atoms with van der Waals surface area (Å²) in [6.45, 7) is 2.95. The zero-order chi connectivity index (χ0) is 40.6. The highest BCUT2D eigenvalue weighted by molar-refractivity contribution is 5.82. The monoisotopic (exact) mass is 784 g/mol. The number of ether oxygens (including phenoxy) is 9. The summed E-state index contributed by atoms with van der Waals surface area (Å²) >= 11 is 0. The zero-order valence-corrected chi connectivity index (χ0v) is 28.4. The van der Waals surface area contributed by atoms with E-state index in [2.05, 4.69) is 0 Å². The number of amides is 2. The normalized spacial score (nSPS) is 28.7. The van der Waals surface area contributed by atoms with Gasteiger partial charge in [0.05, 0.1) is 0 Å². The summed E-state index contributed by atoms with van der Waals surface area (Å²) in [5.41, 5.74) is 0. The smallest absolute Gasteiger partial charge is 0.463 e. The standard InChI is InChI=1S/C28H34F6N2O17/c1-9(37)45-7-15-19(47-11(3)39)21(48-12(4)40)18(36-26(44)28(32,33)34)24(52-15)53-20-16(8-46-10(2)38)51-23(50-14(6)42)17(22(20)49-13(5)41)35-25(43)27(29,30)31/h15-24H,7-8H2,1-6H3,(H,35,43)(H,36,44)/t15?,16?,17?,18?,19-,20-,21-,22-,23?,24+/m1/s1. The first-order chi connectivity index (χ1) is 24.3. The molecule has 5 unspecified atom stereocenters. The van der Waals surface area contributed by atoms with Gasteiger partial charge in [-0.2, -0.15) is 26.3 Å². The molecule has 2 amide bonds. The van der Waals surface area contributed by atoms with E-state index in [1.165, 1.54) is 10.6 Å². The highest BCUT2D eigenvalue weighted by Crippen LogP contribution is 2.34. The molecule has 0 saturated carbocycles. The maximum Gasteiger partial charge on any atom is 0.471 e. The molecule has 53 heavy (non-hydrogen) atoms. The van der Waals surface area contributed by atoms with Crippen LogP contribution in [0.5, 0.6) is 0 Å². The fraction of sp³-hybridized carbons (Fsp3) is 0.714. The van der Waals surface area contributed by atoms with Crippen molar-refractivity contribution in [2.45, 2.75) is 115 Å². The van der Waals surface area contributed by atoms with Crippen LogP contribution in [0.1, 0.15) is 41.5 Å². The first kappa shape index (κ1) is 44.4. The van der Waals surface area contributed by atoms with Crippen molar-refractivity contribution in [1.82, 2.24) is 10.6 Å². The van der Waals surface area contributed by atoms with Crippen LogP contribution in [-0.4, -0.2) is 134 Å². The Bertz CT molecular complexity index is 1410. The van der Waals surface area contributed by atoms with Crippen LogP contribution in [0, 0.1) is 0 Å². The Labute approximate surface area is 294 Å². The fourth-order valence-corrected chi connectivity index (χ4v) is 4.94. The van der Waals surface area contributed by atoms with Crippen LogP contribution >= 0.6 is 0 Å². The molecule has 0 aromatic carbocycles. The Kier molecular flexibility index (Phi) is 15.3. The maximum absolute atomic E-state index is 13.6. The second-order valence-corrected chi connectivity index (χ2v) is 11.1. The molecule has 2 N–H and O–H groups in total. The maximum atomic E-state index is 13.6. The molecular formula is C28H34F6N2O17. The van der Waals surface area contributed by atoms with Crippen molar-refractivity contribution in [3.8, 4) is 0 Å². The third-order valence-electron chi connectivity index (χ3n) is 6.78. The van der Waals surface area contributed by atoms with Crippen LogP contribution in [0.4, 0.5) is 26.3 Å². The quantitative estimate of drug-likeness (QED) is 0.143. The minimum atomic E-state index is -5.66. The Morgan fingerprint density at radius 3 is 1.21 bits per heavy atom. The fourth-order valence-electron chi connectivity index (χ4n) is 4.94. The average Bonchev–Trinajstić information content (AvgIpc) is 2.98.